The predicted molar refractivity (Wildman–Crippen MR) is 89.6 cm³/mol. The Kier molecular flexibility index (Phi) is 5.16. The van der Waals surface area contributed by atoms with Crippen LogP contribution in [0.4, 0.5) is 0 Å². The highest BCUT2D eigenvalue weighted by Crippen LogP contribution is 2.33. The summed E-state index contributed by atoms with van der Waals surface area (Å²) in [6.45, 7) is 10.4. The van der Waals surface area contributed by atoms with Crippen molar-refractivity contribution in [1.29, 1.82) is 0 Å². The Labute approximate surface area is 131 Å². The summed E-state index contributed by atoms with van der Waals surface area (Å²) in [4.78, 5) is 20.3. The molecule has 0 radical (unpaired) electrons. The Hall–Kier alpha value is -1.91. The maximum atomic E-state index is 11.3. The van der Waals surface area contributed by atoms with Crippen molar-refractivity contribution >= 4 is 24.4 Å². The highest BCUT2D eigenvalue weighted by atomic mass is 16.1. The first-order valence-electron chi connectivity index (χ1n) is 8.00. The molecule has 1 heterocycles. The molecule has 1 aromatic rings. The van der Waals surface area contributed by atoms with Gasteiger partial charge in [0.1, 0.15) is 5.35 Å². The number of carbonyl (C=O) groups is 1. The summed E-state index contributed by atoms with van der Waals surface area (Å²) in [6, 6.07) is 0.262. The number of aliphatic imine (C=N–C) groups is 1. The third-order valence-corrected chi connectivity index (χ3v) is 4.61. The SMILES string of the molecule is C=c1/c(=C(/C)N=CC(C)CC)ncn1C1CC[C@@H](C(N)=O)C1. The quantitative estimate of drug-likeness (QED) is 0.834. The Morgan fingerprint density at radius 1 is 1.64 bits per heavy atom. The van der Waals surface area contributed by atoms with E-state index in [9.17, 15) is 4.79 Å². The lowest BCUT2D eigenvalue weighted by Crippen LogP contribution is -2.32. The molecule has 5 heteroatoms. The average molecular weight is 302 g/mol. The molecule has 1 amide bonds. The molecule has 1 aliphatic carbocycles. The number of amides is 1. The van der Waals surface area contributed by atoms with Crippen molar-refractivity contribution in [3.05, 3.63) is 17.0 Å². The molecule has 120 valence electrons. The van der Waals surface area contributed by atoms with E-state index >= 15 is 0 Å². The number of carbonyl (C=O) groups excluding carboxylic acids is 1. The van der Waals surface area contributed by atoms with Crippen LogP contribution in [-0.2, 0) is 4.79 Å². The van der Waals surface area contributed by atoms with E-state index in [-0.39, 0.29) is 17.9 Å². The van der Waals surface area contributed by atoms with Crippen molar-refractivity contribution in [3.63, 3.8) is 0 Å². The zero-order valence-electron chi connectivity index (χ0n) is 13.7. The first kappa shape index (κ1) is 16.5. The first-order valence-corrected chi connectivity index (χ1v) is 8.00. The number of rotatable bonds is 5. The van der Waals surface area contributed by atoms with Crippen molar-refractivity contribution in [2.45, 2.75) is 52.5 Å². The number of hydrogen-bond acceptors (Lipinski definition) is 3. The molecule has 2 rings (SSSR count). The van der Waals surface area contributed by atoms with Gasteiger partial charge in [-0.15, -0.1) is 0 Å². The molecule has 1 aromatic heterocycles. The molecule has 0 bridgehead atoms. The Balaban J connectivity index is 2.25. The number of nitrogens with two attached hydrogens (primary N) is 1. The van der Waals surface area contributed by atoms with Crippen LogP contribution < -0.4 is 16.4 Å². The molecule has 0 spiro atoms. The lowest BCUT2D eigenvalue weighted by atomic mass is 10.1. The number of primary amides is 1. The summed E-state index contributed by atoms with van der Waals surface area (Å²) in [5, 5.41) is 1.70. The summed E-state index contributed by atoms with van der Waals surface area (Å²) in [5.41, 5.74) is 6.29. The lowest BCUT2D eigenvalue weighted by Gasteiger charge is -2.11. The second kappa shape index (κ2) is 6.90. The topological polar surface area (TPSA) is 73.3 Å². The minimum absolute atomic E-state index is 0.0243. The van der Waals surface area contributed by atoms with Crippen LogP contribution in [0.2, 0.25) is 0 Å². The van der Waals surface area contributed by atoms with Crippen molar-refractivity contribution in [2.24, 2.45) is 22.6 Å². The molecule has 5 nitrogen and oxygen atoms in total. The maximum absolute atomic E-state index is 11.3. The smallest absolute Gasteiger partial charge is 0.220 e. The molecule has 0 saturated heterocycles. The van der Waals surface area contributed by atoms with Gasteiger partial charge < -0.3 is 10.3 Å². The molecular weight excluding hydrogens is 276 g/mol. The van der Waals surface area contributed by atoms with Crippen LogP contribution in [0.3, 0.4) is 0 Å². The summed E-state index contributed by atoms with van der Waals surface area (Å²) in [6.07, 6.45) is 7.42. The Morgan fingerprint density at radius 2 is 2.36 bits per heavy atom. The maximum Gasteiger partial charge on any atom is 0.220 e. The minimum atomic E-state index is -0.200. The van der Waals surface area contributed by atoms with E-state index in [1.807, 2.05) is 19.5 Å². The van der Waals surface area contributed by atoms with Crippen LogP contribution in [0.15, 0.2) is 11.3 Å². The van der Waals surface area contributed by atoms with Gasteiger partial charge in [-0.05, 0) is 38.5 Å². The Morgan fingerprint density at radius 3 is 2.95 bits per heavy atom. The second-order valence-corrected chi connectivity index (χ2v) is 6.26. The molecular formula is C17H26N4O. The van der Waals surface area contributed by atoms with Gasteiger partial charge in [0, 0.05) is 18.2 Å². The van der Waals surface area contributed by atoms with Gasteiger partial charge >= 0.3 is 0 Å². The number of imidazole rings is 1. The zero-order chi connectivity index (χ0) is 16.3. The van der Waals surface area contributed by atoms with E-state index in [1.54, 1.807) is 0 Å². The monoisotopic (exact) mass is 302 g/mol. The molecule has 0 aliphatic heterocycles. The fourth-order valence-corrected chi connectivity index (χ4v) is 2.88. The number of nitrogens with zero attached hydrogens (tertiary/aromatic N) is 3. The van der Waals surface area contributed by atoms with Crippen molar-refractivity contribution in [3.8, 4) is 0 Å². The summed E-state index contributed by atoms with van der Waals surface area (Å²) >= 11 is 0. The van der Waals surface area contributed by atoms with E-state index in [0.29, 0.717) is 5.92 Å². The van der Waals surface area contributed by atoms with Crippen LogP contribution in [-0.4, -0.2) is 21.7 Å². The standard InChI is InChI=1S/C17H26N4O/c1-5-11(2)9-19-12(3)16-13(4)21(10-20-16)15-7-6-14(8-15)17(18)22/h9-11,14-15H,4-8H2,1-3H3,(H2,18,22)/b16-12+,19-9?/t11?,14-,15?/m1/s1. The lowest BCUT2D eigenvalue weighted by molar-refractivity contribution is -0.121. The minimum Gasteiger partial charge on any atom is -0.369 e. The first-order chi connectivity index (χ1) is 10.4. The van der Waals surface area contributed by atoms with E-state index in [4.69, 9.17) is 5.73 Å². The van der Waals surface area contributed by atoms with Crippen LogP contribution in [0.25, 0.3) is 12.3 Å². The van der Waals surface area contributed by atoms with Gasteiger partial charge in [0.15, 0.2) is 0 Å². The summed E-state index contributed by atoms with van der Waals surface area (Å²) < 4.78 is 2.07. The summed E-state index contributed by atoms with van der Waals surface area (Å²) in [5.74, 6) is 0.231. The van der Waals surface area contributed by atoms with Crippen molar-refractivity contribution in [2.75, 3.05) is 0 Å². The molecule has 1 saturated carbocycles. The third-order valence-electron chi connectivity index (χ3n) is 4.61. The average Bonchev–Trinajstić information content (AvgIpc) is 3.10. The van der Waals surface area contributed by atoms with Gasteiger partial charge in [0.05, 0.1) is 17.4 Å². The van der Waals surface area contributed by atoms with E-state index < -0.39 is 0 Å². The molecule has 2 N–H and O–H groups in total. The van der Waals surface area contributed by atoms with Crippen LogP contribution in [0, 0.1) is 11.8 Å². The van der Waals surface area contributed by atoms with Gasteiger partial charge in [-0.2, -0.15) is 0 Å². The van der Waals surface area contributed by atoms with Crippen LogP contribution in [0.5, 0.6) is 0 Å². The zero-order valence-corrected chi connectivity index (χ0v) is 13.7. The molecule has 1 fully saturated rings. The molecule has 2 unspecified atom stereocenters. The van der Waals surface area contributed by atoms with Crippen LogP contribution >= 0.6 is 0 Å². The molecule has 1 aliphatic rings. The molecule has 22 heavy (non-hydrogen) atoms. The molecule has 0 aromatic carbocycles. The van der Waals surface area contributed by atoms with E-state index in [0.717, 1.165) is 42.1 Å². The van der Waals surface area contributed by atoms with E-state index in [1.165, 1.54) is 0 Å². The normalized spacial score (nSPS) is 24.7. The predicted octanol–water partition coefficient (Wildman–Crippen LogP) is 1.36. The van der Waals surface area contributed by atoms with Gasteiger partial charge in [-0.1, -0.05) is 20.4 Å². The second-order valence-electron chi connectivity index (χ2n) is 6.26. The highest BCUT2D eigenvalue weighted by molar-refractivity contribution is 5.76. The fourth-order valence-electron chi connectivity index (χ4n) is 2.88. The van der Waals surface area contributed by atoms with Gasteiger partial charge in [-0.3, -0.25) is 9.79 Å². The largest absolute Gasteiger partial charge is 0.369 e. The Bertz CT molecular complexity index is 673. The fraction of sp³-hybridized carbons (Fsp3) is 0.588. The highest BCUT2D eigenvalue weighted by Gasteiger charge is 2.29. The third kappa shape index (κ3) is 3.46. The van der Waals surface area contributed by atoms with Crippen LogP contribution in [0.1, 0.15) is 52.5 Å². The molecule has 3 atom stereocenters. The summed E-state index contributed by atoms with van der Waals surface area (Å²) in [7, 11) is 0. The van der Waals surface area contributed by atoms with Gasteiger partial charge in [-0.25, -0.2) is 4.98 Å². The number of aromatic nitrogens is 2. The van der Waals surface area contributed by atoms with Gasteiger partial charge in [0.2, 0.25) is 5.91 Å². The van der Waals surface area contributed by atoms with Crippen molar-refractivity contribution in [1.82, 2.24) is 9.55 Å². The van der Waals surface area contributed by atoms with Gasteiger partial charge in [0.25, 0.3) is 0 Å². The van der Waals surface area contributed by atoms with E-state index in [2.05, 4.69) is 35.0 Å². The van der Waals surface area contributed by atoms with Crippen molar-refractivity contribution < 1.29 is 4.79 Å². The number of hydrogen-bond donors (Lipinski definition) is 1.